The van der Waals surface area contributed by atoms with Crippen molar-refractivity contribution >= 4 is 81.3 Å². The van der Waals surface area contributed by atoms with Gasteiger partial charge in [0.15, 0.2) is 0 Å². The Hall–Kier alpha value is -5.38. The summed E-state index contributed by atoms with van der Waals surface area (Å²) in [5.41, 5.74) is 7.53. The Morgan fingerprint density at radius 1 is 0.442 bits per heavy atom. The molecule has 0 aliphatic rings. The summed E-state index contributed by atoms with van der Waals surface area (Å²) in [7, 11) is 0. The number of anilines is 3. The Kier molecular flexibility index (Phi) is 5.40. The summed E-state index contributed by atoms with van der Waals surface area (Å²) in [5.74, 6) is 0. The van der Waals surface area contributed by atoms with Crippen LogP contribution >= 0.6 is 11.3 Å². The number of fused-ring (bicyclic) bond motifs is 7. The molecule has 0 N–H and O–H groups in total. The Labute approximate surface area is 252 Å². The lowest BCUT2D eigenvalue weighted by Gasteiger charge is -2.29. The molecule has 7 aromatic carbocycles. The number of hydrogen-bond acceptors (Lipinski definition) is 3. The highest BCUT2D eigenvalue weighted by molar-refractivity contribution is 7.26. The summed E-state index contributed by atoms with van der Waals surface area (Å²) in [6.07, 6.45) is 0. The molecule has 9 aromatic rings. The van der Waals surface area contributed by atoms with Crippen molar-refractivity contribution in [3.8, 4) is 11.1 Å². The van der Waals surface area contributed by atoms with E-state index in [-0.39, 0.29) is 0 Å². The summed E-state index contributed by atoms with van der Waals surface area (Å²) in [6, 6.07) is 54.3. The van der Waals surface area contributed by atoms with Crippen LogP contribution in [0, 0.1) is 0 Å². The average molecular weight is 568 g/mol. The van der Waals surface area contributed by atoms with Crippen LogP contribution in [0.2, 0.25) is 0 Å². The molecule has 0 saturated carbocycles. The second kappa shape index (κ2) is 9.59. The van der Waals surface area contributed by atoms with Gasteiger partial charge in [0.2, 0.25) is 0 Å². The summed E-state index contributed by atoms with van der Waals surface area (Å²) >= 11 is 1.87. The summed E-state index contributed by atoms with van der Waals surface area (Å²) in [6.45, 7) is 0. The smallest absolute Gasteiger partial charge is 0.137 e. The molecule has 0 aliphatic carbocycles. The van der Waals surface area contributed by atoms with Gasteiger partial charge in [0, 0.05) is 59.2 Å². The number of furan rings is 1. The summed E-state index contributed by atoms with van der Waals surface area (Å²) < 4.78 is 9.00. The van der Waals surface area contributed by atoms with Crippen LogP contribution in [0.25, 0.3) is 64.0 Å². The van der Waals surface area contributed by atoms with Gasteiger partial charge in [-0.3, -0.25) is 0 Å². The average Bonchev–Trinajstić information content (AvgIpc) is 3.63. The van der Waals surface area contributed by atoms with Gasteiger partial charge in [-0.15, -0.1) is 11.3 Å². The van der Waals surface area contributed by atoms with Gasteiger partial charge in [-0.1, -0.05) is 109 Å². The molecule has 2 aromatic heterocycles. The highest BCUT2D eigenvalue weighted by Crippen LogP contribution is 2.47. The number of rotatable bonds is 4. The first kappa shape index (κ1) is 24.2. The van der Waals surface area contributed by atoms with Gasteiger partial charge < -0.3 is 9.32 Å². The van der Waals surface area contributed by atoms with Crippen molar-refractivity contribution in [2.75, 3.05) is 4.90 Å². The highest BCUT2D eigenvalue weighted by Gasteiger charge is 2.21. The molecule has 0 bridgehead atoms. The van der Waals surface area contributed by atoms with E-state index in [0.717, 1.165) is 39.0 Å². The van der Waals surface area contributed by atoms with Gasteiger partial charge in [0.25, 0.3) is 0 Å². The third-order valence-corrected chi connectivity index (χ3v) is 9.69. The second-order valence-corrected chi connectivity index (χ2v) is 12.0. The van der Waals surface area contributed by atoms with Crippen molar-refractivity contribution in [1.29, 1.82) is 0 Å². The largest absolute Gasteiger partial charge is 0.456 e. The molecule has 2 nitrogen and oxygen atoms in total. The summed E-state index contributed by atoms with van der Waals surface area (Å²) in [4.78, 5) is 2.40. The molecule has 0 unspecified atom stereocenters. The topological polar surface area (TPSA) is 16.4 Å². The molecule has 0 atom stereocenters. The van der Waals surface area contributed by atoms with Crippen molar-refractivity contribution in [3.05, 3.63) is 152 Å². The number of nitrogens with zero attached hydrogens (tertiary/aromatic N) is 1. The van der Waals surface area contributed by atoms with Gasteiger partial charge in [-0.25, -0.2) is 0 Å². The van der Waals surface area contributed by atoms with E-state index in [4.69, 9.17) is 4.42 Å². The third-order valence-electron chi connectivity index (χ3n) is 8.47. The maximum atomic E-state index is 6.38. The van der Waals surface area contributed by atoms with Crippen molar-refractivity contribution in [2.45, 2.75) is 0 Å². The van der Waals surface area contributed by atoms with E-state index in [1.165, 1.54) is 42.1 Å². The molecular weight excluding hydrogens is 543 g/mol. The first-order valence-corrected chi connectivity index (χ1v) is 15.3. The van der Waals surface area contributed by atoms with Crippen LogP contribution in [0.15, 0.2) is 156 Å². The molecule has 0 fully saturated rings. The van der Waals surface area contributed by atoms with Crippen molar-refractivity contribution in [1.82, 2.24) is 0 Å². The molecule has 202 valence electrons. The van der Waals surface area contributed by atoms with E-state index in [0.29, 0.717) is 0 Å². The van der Waals surface area contributed by atoms with Crippen LogP contribution in [-0.2, 0) is 0 Å². The Morgan fingerprint density at radius 3 is 2.05 bits per heavy atom. The Bertz CT molecular complexity index is 2480. The molecule has 43 heavy (non-hydrogen) atoms. The van der Waals surface area contributed by atoms with Crippen molar-refractivity contribution in [3.63, 3.8) is 0 Å². The first-order chi connectivity index (χ1) is 21.3. The van der Waals surface area contributed by atoms with Gasteiger partial charge in [-0.05, 0) is 41.8 Å². The SMILES string of the molecule is c1ccc(N(c2ccc3c(c2)oc2ccccc23)c2cccc3ccccc23)c(-c2cccc3c2sc2ccccc23)c1. The molecule has 0 radical (unpaired) electrons. The number of thiophene rings is 1. The highest BCUT2D eigenvalue weighted by atomic mass is 32.1. The van der Waals surface area contributed by atoms with Crippen LogP contribution in [0.1, 0.15) is 0 Å². The number of hydrogen-bond donors (Lipinski definition) is 0. The van der Waals surface area contributed by atoms with Gasteiger partial charge in [0.05, 0.1) is 11.4 Å². The zero-order valence-corrected chi connectivity index (χ0v) is 24.0. The lowest BCUT2D eigenvalue weighted by atomic mass is 9.99. The second-order valence-electron chi connectivity index (χ2n) is 10.9. The lowest BCUT2D eigenvalue weighted by molar-refractivity contribution is 0.669. The fourth-order valence-electron chi connectivity index (χ4n) is 6.52. The normalized spacial score (nSPS) is 11.7. The predicted molar refractivity (Wildman–Crippen MR) is 184 cm³/mol. The van der Waals surface area contributed by atoms with E-state index in [2.05, 4.69) is 144 Å². The standard InChI is InChI=1S/C40H25NOS/c1-2-13-28-26(11-1)12-9-20-35(28)41(27-23-24-31-30-15-4-7-21-37(30)42-38(31)25-27)36-19-6-3-14-29(36)33-17-10-18-34-32-16-5-8-22-39(32)43-40(33)34/h1-25H. The zero-order chi connectivity index (χ0) is 28.3. The van der Waals surface area contributed by atoms with Gasteiger partial charge >= 0.3 is 0 Å². The molecule has 0 amide bonds. The molecule has 0 spiro atoms. The predicted octanol–water partition coefficient (Wildman–Crippen LogP) is 12.2. The van der Waals surface area contributed by atoms with E-state index in [9.17, 15) is 0 Å². The van der Waals surface area contributed by atoms with Crippen molar-refractivity contribution < 1.29 is 4.42 Å². The van der Waals surface area contributed by atoms with E-state index in [1.807, 2.05) is 23.5 Å². The van der Waals surface area contributed by atoms with Gasteiger partial charge in [-0.2, -0.15) is 0 Å². The zero-order valence-electron chi connectivity index (χ0n) is 23.2. The van der Waals surface area contributed by atoms with Crippen LogP contribution < -0.4 is 4.90 Å². The van der Waals surface area contributed by atoms with E-state index >= 15 is 0 Å². The Morgan fingerprint density at radius 2 is 1.09 bits per heavy atom. The minimum absolute atomic E-state index is 0.882. The molecule has 2 heterocycles. The third kappa shape index (κ3) is 3.79. The molecule has 0 saturated heterocycles. The quantitative estimate of drug-likeness (QED) is 0.210. The monoisotopic (exact) mass is 567 g/mol. The minimum atomic E-state index is 0.882. The number of benzene rings is 7. The van der Waals surface area contributed by atoms with Crippen LogP contribution in [0.5, 0.6) is 0 Å². The maximum absolute atomic E-state index is 6.38. The fraction of sp³-hybridized carbons (Fsp3) is 0. The van der Waals surface area contributed by atoms with Gasteiger partial charge in [0.1, 0.15) is 11.2 Å². The lowest BCUT2D eigenvalue weighted by Crippen LogP contribution is -2.11. The van der Waals surface area contributed by atoms with Crippen LogP contribution in [0.4, 0.5) is 17.1 Å². The van der Waals surface area contributed by atoms with Crippen molar-refractivity contribution in [2.24, 2.45) is 0 Å². The first-order valence-electron chi connectivity index (χ1n) is 14.5. The van der Waals surface area contributed by atoms with Crippen LogP contribution in [0.3, 0.4) is 0 Å². The molecule has 9 rings (SSSR count). The Balaban J connectivity index is 1.34. The van der Waals surface area contributed by atoms with Crippen LogP contribution in [-0.4, -0.2) is 0 Å². The number of para-hydroxylation sites is 2. The summed E-state index contributed by atoms with van der Waals surface area (Å²) in [5, 5.41) is 7.28. The molecule has 3 heteroatoms. The molecular formula is C40H25NOS. The van der Waals surface area contributed by atoms with E-state index in [1.54, 1.807) is 0 Å². The fourth-order valence-corrected chi connectivity index (χ4v) is 7.75. The van der Waals surface area contributed by atoms with E-state index < -0.39 is 0 Å². The minimum Gasteiger partial charge on any atom is -0.456 e. The molecule has 0 aliphatic heterocycles. The maximum Gasteiger partial charge on any atom is 0.137 e.